The van der Waals surface area contributed by atoms with Gasteiger partial charge in [0.15, 0.2) is 0 Å². The van der Waals surface area contributed by atoms with Crippen molar-refractivity contribution in [3.05, 3.63) is 29.8 Å². The van der Waals surface area contributed by atoms with Crippen LogP contribution in [0.1, 0.15) is 31.2 Å². The summed E-state index contributed by atoms with van der Waals surface area (Å²) >= 11 is 0. The first-order chi connectivity index (χ1) is 10.8. The molecule has 1 aromatic rings. The normalized spacial score (nSPS) is 20.3. The molecule has 2 aliphatic rings. The maximum Gasteiger partial charge on any atom is 0.225 e. The van der Waals surface area contributed by atoms with Gasteiger partial charge in [-0.2, -0.15) is 0 Å². The zero-order chi connectivity index (χ0) is 15.4. The van der Waals surface area contributed by atoms with Crippen LogP contribution in [0.4, 0.5) is 0 Å². The minimum atomic E-state index is 0.250. The van der Waals surface area contributed by atoms with Crippen molar-refractivity contribution in [2.75, 3.05) is 33.3 Å². The van der Waals surface area contributed by atoms with Gasteiger partial charge in [0.2, 0.25) is 5.91 Å². The van der Waals surface area contributed by atoms with E-state index >= 15 is 0 Å². The van der Waals surface area contributed by atoms with E-state index in [-0.39, 0.29) is 5.92 Å². The predicted molar refractivity (Wildman–Crippen MR) is 86.8 cm³/mol. The smallest absolute Gasteiger partial charge is 0.225 e. The van der Waals surface area contributed by atoms with Gasteiger partial charge < -0.3 is 9.64 Å². The molecule has 120 valence electrons. The van der Waals surface area contributed by atoms with Gasteiger partial charge in [-0.1, -0.05) is 12.1 Å². The SMILES string of the molecule is COc1cccc(CN2CCC(C(=O)N3CCCC3)CC2)c1. The number of hydrogen-bond acceptors (Lipinski definition) is 3. The predicted octanol–water partition coefficient (Wildman–Crippen LogP) is 2.53. The van der Waals surface area contributed by atoms with Gasteiger partial charge in [-0.05, 0) is 56.5 Å². The highest BCUT2D eigenvalue weighted by Crippen LogP contribution is 2.23. The molecular formula is C18H26N2O2. The Morgan fingerprint density at radius 3 is 2.59 bits per heavy atom. The molecule has 2 aliphatic heterocycles. The lowest BCUT2D eigenvalue weighted by atomic mass is 9.95. The maximum absolute atomic E-state index is 12.4. The van der Waals surface area contributed by atoms with Gasteiger partial charge in [0.25, 0.3) is 0 Å². The van der Waals surface area contributed by atoms with Crippen LogP contribution in [0.5, 0.6) is 5.75 Å². The first-order valence-electron chi connectivity index (χ1n) is 8.40. The summed E-state index contributed by atoms with van der Waals surface area (Å²) in [6.45, 7) is 4.93. The minimum Gasteiger partial charge on any atom is -0.497 e. The molecule has 1 aromatic carbocycles. The van der Waals surface area contributed by atoms with Crippen molar-refractivity contribution in [2.45, 2.75) is 32.2 Å². The zero-order valence-corrected chi connectivity index (χ0v) is 13.5. The molecule has 1 amide bonds. The number of ether oxygens (including phenoxy) is 1. The van der Waals surface area contributed by atoms with E-state index in [0.717, 1.165) is 51.3 Å². The second-order valence-corrected chi connectivity index (χ2v) is 6.43. The Kier molecular flexibility index (Phi) is 4.98. The van der Waals surface area contributed by atoms with Gasteiger partial charge in [-0.25, -0.2) is 0 Å². The first-order valence-corrected chi connectivity index (χ1v) is 8.40. The quantitative estimate of drug-likeness (QED) is 0.857. The van der Waals surface area contributed by atoms with Gasteiger partial charge in [0.05, 0.1) is 7.11 Å². The van der Waals surface area contributed by atoms with Crippen molar-refractivity contribution in [1.29, 1.82) is 0 Å². The third-order valence-electron chi connectivity index (χ3n) is 4.89. The summed E-state index contributed by atoms with van der Waals surface area (Å²) in [5.41, 5.74) is 1.28. The van der Waals surface area contributed by atoms with Gasteiger partial charge in [0.1, 0.15) is 5.75 Å². The largest absolute Gasteiger partial charge is 0.497 e. The van der Waals surface area contributed by atoms with Crippen LogP contribution < -0.4 is 4.74 Å². The Hall–Kier alpha value is -1.55. The van der Waals surface area contributed by atoms with Crippen molar-refractivity contribution in [3.8, 4) is 5.75 Å². The van der Waals surface area contributed by atoms with Crippen LogP contribution in [0.2, 0.25) is 0 Å². The van der Waals surface area contributed by atoms with E-state index in [1.807, 2.05) is 12.1 Å². The maximum atomic E-state index is 12.4. The molecule has 2 fully saturated rings. The standard InChI is InChI=1S/C18H26N2O2/c1-22-17-6-4-5-15(13-17)14-19-11-7-16(8-12-19)18(21)20-9-2-3-10-20/h4-6,13,16H,2-3,7-12,14H2,1H3. The Labute approximate surface area is 133 Å². The Balaban J connectivity index is 1.49. The number of piperidine rings is 1. The van der Waals surface area contributed by atoms with Crippen LogP contribution in [-0.4, -0.2) is 49.0 Å². The number of benzene rings is 1. The van der Waals surface area contributed by atoms with E-state index < -0.39 is 0 Å². The Morgan fingerprint density at radius 1 is 1.18 bits per heavy atom. The van der Waals surface area contributed by atoms with E-state index in [4.69, 9.17) is 4.74 Å². The highest BCUT2D eigenvalue weighted by molar-refractivity contribution is 5.79. The van der Waals surface area contributed by atoms with E-state index in [1.165, 1.54) is 18.4 Å². The lowest BCUT2D eigenvalue weighted by Crippen LogP contribution is -2.41. The van der Waals surface area contributed by atoms with E-state index in [1.54, 1.807) is 7.11 Å². The highest BCUT2D eigenvalue weighted by Gasteiger charge is 2.29. The fourth-order valence-electron chi connectivity index (χ4n) is 3.56. The number of amides is 1. The molecule has 3 rings (SSSR count). The summed E-state index contributed by atoms with van der Waals surface area (Å²) in [6, 6.07) is 8.26. The molecular weight excluding hydrogens is 276 g/mol. The monoisotopic (exact) mass is 302 g/mol. The molecule has 0 radical (unpaired) electrons. The molecule has 0 aliphatic carbocycles. The lowest BCUT2D eigenvalue weighted by Gasteiger charge is -2.33. The molecule has 0 saturated carbocycles. The van der Waals surface area contributed by atoms with Crippen LogP contribution >= 0.6 is 0 Å². The summed E-state index contributed by atoms with van der Waals surface area (Å²) < 4.78 is 5.28. The molecule has 4 nitrogen and oxygen atoms in total. The number of carbonyl (C=O) groups is 1. The molecule has 2 saturated heterocycles. The molecule has 0 atom stereocenters. The van der Waals surface area contributed by atoms with Crippen LogP contribution in [0.25, 0.3) is 0 Å². The molecule has 2 heterocycles. The summed E-state index contributed by atoms with van der Waals surface area (Å²) in [4.78, 5) is 17.0. The van der Waals surface area contributed by atoms with Crippen LogP contribution in [0.3, 0.4) is 0 Å². The average molecular weight is 302 g/mol. The third kappa shape index (κ3) is 3.61. The lowest BCUT2D eigenvalue weighted by molar-refractivity contribution is -0.136. The number of rotatable bonds is 4. The van der Waals surface area contributed by atoms with Gasteiger partial charge in [-0.15, -0.1) is 0 Å². The highest BCUT2D eigenvalue weighted by atomic mass is 16.5. The second kappa shape index (κ2) is 7.14. The minimum absolute atomic E-state index is 0.250. The molecule has 0 aromatic heterocycles. The van der Waals surface area contributed by atoms with Crippen LogP contribution in [-0.2, 0) is 11.3 Å². The summed E-state index contributed by atoms with van der Waals surface area (Å²) in [6.07, 6.45) is 4.36. The van der Waals surface area contributed by atoms with Gasteiger partial charge in [0, 0.05) is 25.6 Å². The molecule has 0 bridgehead atoms. The summed E-state index contributed by atoms with van der Waals surface area (Å²) in [7, 11) is 1.70. The molecule has 22 heavy (non-hydrogen) atoms. The number of nitrogens with zero attached hydrogens (tertiary/aromatic N) is 2. The van der Waals surface area contributed by atoms with Crippen LogP contribution in [0.15, 0.2) is 24.3 Å². The fraction of sp³-hybridized carbons (Fsp3) is 0.611. The second-order valence-electron chi connectivity index (χ2n) is 6.43. The van der Waals surface area contributed by atoms with Crippen molar-refractivity contribution < 1.29 is 9.53 Å². The van der Waals surface area contributed by atoms with E-state index in [0.29, 0.717) is 5.91 Å². The first kappa shape index (κ1) is 15.3. The van der Waals surface area contributed by atoms with Crippen molar-refractivity contribution in [3.63, 3.8) is 0 Å². The van der Waals surface area contributed by atoms with E-state index in [2.05, 4.69) is 21.9 Å². The molecule has 0 N–H and O–H groups in total. The third-order valence-corrected chi connectivity index (χ3v) is 4.89. The van der Waals surface area contributed by atoms with Gasteiger partial charge in [-0.3, -0.25) is 9.69 Å². The van der Waals surface area contributed by atoms with Gasteiger partial charge >= 0.3 is 0 Å². The Morgan fingerprint density at radius 2 is 1.91 bits per heavy atom. The van der Waals surface area contributed by atoms with Crippen molar-refractivity contribution in [2.24, 2.45) is 5.92 Å². The average Bonchev–Trinajstić information content (AvgIpc) is 3.09. The van der Waals surface area contributed by atoms with Crippen LogP contribution in [0, 0.1) is 5.92 Å². The summed E-state index contributed by atoms with van der Waals surface area (Å²) in [5, 5.41) is 0. The zero-order valence-electron chi connectivity index (χ0n) is 13.5. The number of likely N-dealkylation sites (tertiary alicyclic amines) is 2. The number of hydrogen-bond donors (Lipinski definition) is 0. The number of carbonyl (C=O) groups excluding carboxylic acids is 1. The van der Waals surface area contributed by atoms with E-state index in [9.17, 15) is 4.79 Å². The molecule has 0 spiro atoms. The Bertz CT molecular complexity index is 504. The van der Waals surface area contributed by atoms with Crippen molar-refractivity contribution >= 4 is 5.91 Å². The molecule has 4 heteroatoms. The topological polar surface area (TPSA) is 32.8 Å². The van der Waals surface area contributed by atoms with Crippen molar-refractivity contribution in [1.82, 2.24) is 9.80 Å². The fourth-order valence-corrected chi connectivity index (χ4v) is 3.56. The molecule has 0 unspecified atom stereocenters. The number of methoxy groups -OCH3 is 1. The summed E-state index contributed by atoms with van der Waals surface area (Å²) in [5.74, 6) is 1.56.